The Morgan fingerprint density at radius 3 is 2.58 bits per heavy atom. The van der Waals surface area contributed by atoms with Gasteiger partial charge in [0.25, 0.3) is 0 Å². The third-order valence-corrected chi connectivity index (χ3v) is 3.65. The topological polar surface area (TPSA) is 61.5 Å². The van der Waals surface area contributed by atoms with Gasteiger partial charge < -0.3 is 15.2 Å². The lowest BCUT2D eigenvalue weighted by molar-refractivity contribution is -0.150. The average molecular weight is 263 g/mol. The van der Waals surface area contributed by atoms with Gasteiger partial charge in [-0.2, -0.15) is 0 Å². The van der Waals surface area contributed by atoms with Gasteiger partial charge in [0.2, 0.25) is 0 Å². The first kappa shape index (κ1) is 14.0. The lowest BCUT2D eigenvalue weighted by Crippen LogP contribution is -2.47. The van der Waals surface area contributed by atoms with Crippen molar-refractivity contribution in [3.63, 3.8) is 0 Å². The molecule has 4 heteroatoms. The van der Waals surface area contributed by atoms with Crippen LogP contribution in [0.1, 0.15) is 18.4 Å². The van der Waals surface area contributed by atoms with Gasteiger partial charge in [-0.15, -0.1) is 0 Å². The highest BCUT2D eigenvalue weighted by Gasteiger charge is 2.41. The maximum Gasteiger partial charge on any atom is 0.319 e. The summed E-state index contributed by atoms with van der Waals surface area (Å²) in [4.78, 5) is 12.2. The monoisotopic (exact) mass is 263 g/mol. The van der Waals surface area contributed by atoms with Crippen LogP contribution in [0.2, 0.25) is 0 Å². The van der Waals surface area contributed by atoms with Gasteiger partial charge in [-0.3, -0.25) is 4.79 Å². The molecule has 4 nitrogen and oxygen atoms in total. The molecule has 2 rings (SSSR count). The molecule has 1 aromatic rings. The van der Waals surface area contributed by atoms with Crippen molar-refractivity contribution in [3.8, 4) is 0 Å². The molecule has 1 unspecified atom stereocenters. The van der Waals surface area contributed by atoms with Crippen LogP contribution >= 0.6 is 0 Å². The van der Waals surface area contributed by atoms with E-state index in [1.807, 2.05) is 30.3 Å². The fourth-order valence-electron chi connectivity index (χ4n) is 2.16. The van der Waals surface area contributed by atoms with Crippen LogP contribution in [-0.2, 0) is 19.7 Å². The van der Waals surface area contributed by atoms with Gasteiger partial charge in [0, 0.05) is 13.2 Å². The molecule has 0 aromatic heterocycles. The SMILES string of the molecule is COC(=O)C(CN)(COCC1CC1)c1ccccc1. The Balaban J connectivity index is 2.16. The Morgan fingerprint density at radius 2 is 2.05 bits per heavy atom. The van der Waals surface area contributed by atoms with Gasteiger partial charge in [0.05, 0.1) is 13.7 Å². The van der Waals surface area contributed by atoms with E-state index in [2.05, 4.69) is 0 Å². The lowest BCUT2D eigenvalue weighted by Gasteiger charge is -2.29. The summed E-state index contributed by atoms with van der Waals surface area (Å²) >= 11 is 0. The number of hydrogen-bond acceptors (Lipinski definition) is 4. The largest absolute Gasteiger partial charge is 0.468 e. The predicted octanol–water partition coefficient (Wildman–Crippen LogP) is 1.48. The van der Waals surface area contributed by atoms with Crippen molar-refractivity contribution in [3.05, 3.63) is 35.9 Å². The maximum absolute atomic E-state index is 12.2. The molecule has 0 radical (unpaired) electrons. The van der Waals surface area contributed by atoms with Gasteiger partial charge in [-0.25, -0.2) is 0 Å². The molecule has 0 spiro atoms. The van der Waals surface area contributed by atoms with E-state index >= 15 is 0 Å². The van der Waals surface area contributed by atoms with Gasteiger partial charge in [-0.1, -0.05) is 30.3 Å². The summed E-state index contributed by atoms with van der Waals surface area (Å²) in [5.41, 5.74) is 5.82. The molecular formula is C15H21NO3. The van der Waals surface area contributed by atoms with Crippen molar-refractivity contribution >= 4 is 5.97 Å². The summed E-state index contributed by atoms with van der Waals surface area (Å²) in [6.45, 7) is 1.15. The number of methoxy groups -OCH3 is 1. The minimum atomic E-state index is -0.898. The molecule has 0 bridgehead atoms. The maximum atomic E-state index is 12.2. The van der Waals surface area contributed by atoms with Crippen molar-refractivity contribution in [2.75, 3.05) is 26.9 Å². The highest BCUT2D eigenvalue weighted by Crippen LogP contribution is 2.31. The van der Waals surface area contributed by atoms with Crippen LogP contribution in [-0.4, -0.2) is 32.8 Å². The van der Waals surface area contributed by atoms with Gasteiger partial charge in [0.1, 0.15) is 5.41 Å². The molecular weight excluding hydrogens is 242 g/mol. The Kier molecular flexibility index (Phi) is 4.56. The van der Waals surface area contributed by atoms with E-state index < -0.39 is 5.41 Å². The van der Waals surface area contributed by atoms with Crippen LogP contribution in [0.3, 0.4) is 0 Å². The lowest BCUT2D eigenvalue weighted by atomic mass is 9.81. The van der Waals surface area contributed by atoms with Crippen molar-refractivity contribution < 1.29 is 14.3 Å². The fourth-order valence-corrected chi connectivity index (χ4v) is 2.16. The molecule has 1 saturated carbocycles. The molecule has 1 aliphatic carbocycles. The fraction of sp³-hybridized carbons (Fsp3) is 0.533. The zero-order chi connectivity index (χ0) is 13.7. The first-order chi connectivity index (χ1) is 9.23. The zero-order valence-corrected chi connectivity index (χ0v) is 11.3. The minimum Gasteiger partial charge on any atom is -0.468 e. The summed E-state index contributed by atoms with van der Waals surface area (Å²) in [6, 6.07) is 9.48. The second kappa shape index (κ2) is 6.17. The number of esters is 1. The van der Waals surface area contributed by atoms with E-state index in [1.54, 1.807) is 0 Å². The molecule has 19 heavy (non-hydrogen) atoms. The van der Waals surface area contributed by atoms with Crippen LogP contribution in [0.15, 0.2) is 30.3 Å². The molecule has 1 aromatic carbocycles. The zero-order valence-electron chi connectivity index (χ0n) is 11.3. The molecule has 1 atom stereocenters. The van der Waals surface area contributed by atoms with Crippen molar-refractivity contribution in [2.24, 2.45) is 11.7 Å². The Labute approximate surface area is 113 Å². The summed E-state index contributed by atoms with van der Waals surface area (Å²) < 4.78 is 10.6. The molecule has 0 aliphatic heterocycles. The highest BCUT2D eigenvalue weighted by molar-refractivity contribution is 5.83. The second-order valence-electron chi connectivity index (χ2n) is 5.10. The molecule has 1 fully saturated rings. The molecule has 2 N–H and O–H groups in total. The first-order valence-electron chi connectivity index (χ1n) is 6.64. The second-order valence-corrected chi connectivity index (χ2v) is 5.10. The molecule has 0 heterocycles. The van der Waals surface area contributed by atoms with Crippen LogP contribution in [0.25, 0.3) is 0 Å². The van der Waals surface area contributed by atoms with Crippen molar-refractivity contribution in [1.29, 1.82) is 0 Å². The van der Waals surface area contributed by atoms with E-state index in [0.29, 0.717) is 12.5 Å². The van der Waals surface area contributed by atoms with Crippen LogP contribution in [0.5, 0.6) is 0 Å². The third kappa shape index (κ3) is 3.14. The summed E-state index contributed by atoms with van der Waals surface area (Å²) in [6.07, 6.45) is 2.44. The van der Waals surface area contributed by atoms with Crippen LogP contribution < -0.4 is 5.73 Å². The minimum absolute atomic E-state index is 0.175. The van der Waals surface area contributed by atoms with E-state index in [4.69, 9.17) is 15.2 Å². The average Bonchev–Trinajstić information content (AvgIpc) is 3.28. The Bertz CT molecular complexity index is 417. The van der Waals surface area contributed by atoms with E-state index in [-0.39, 0.29) is 19.1 Å². The first-order valence-corrected chi connectivity index (χ1v) is 6.64. The van der Waals surface area contributed by atoms with Gasteiger partial charge >= 0.3 is 5.97 Å². The van der Waals surface area contributed by atoms with Crippen LogP contribution in [0.4, 0.5) is 0 Å². The molecule has 0 saturated heterocycles. The standard InChI is InChI=1S/C15H21NO3/c1-18-14(17)15(10-16,11-19-9-12-7-8-12)13-5-3-2-4-6-13/h2-6,12H,7-11,16H2,1H3. The number of carbonyl (C=O) groups excluding carboxylic acids is 1. The Hall–Kier alpha value is -1.39. The van der Waals surface area contributed by atoms with Crippen molar-refractivity contribution in [2.45, 2.75) is 18.3 Å². The summed E-state index contributed by atoms with van der Waals surface area (Å²) in [7, 11) is 1.39. The normalized spacial score (nSPS) is 17.8. The third-order valence-electron chi connectivity index (χ3n) is 3.65. The van der Waals surface area contributed by atoms with E-state index in [0.717, 1.165) is 5.56 Å². The highest BCUT2D eigenvalue weighted by atomic mass is 16.5. The quantitative estimate of drug-likeness (QED) is 0.757. The Morgan fingerprint density at radius 1 is 1.37 bits per heavy atom. The molecule has 104 valence electrons. The summed E-state index contributed by atoms with van der Waals surface area (Å²) in [5.74, 6) is 0.320. The molecule has 0 amide bonds. The number of carbonyl (C=O) groups is 1. The van der Waals surface area contributed by atoms with Gasteiger partial charge in [-0.05, 0) is 24.3 Å². The van der Waals surface area contributed by atoms with E-state index in [1.165, 1.54) is 20.0 Å². The van der Waals surface area contributed by atoms with E-state index in [9.17, 15) is 4.79 Å². The number of hydrogen-bond donors (Lipinski definition) is 1. The number of benzene rings is 1. The van der Waals surface area contributed by atoms with Crippen LogP contribution in [0, 0.1) is 5.92 Å². The smallest absolute Gasteiger partial charge is 0.319 e. The number of rotatable bonds is 7. The van der Waals surface area contributed by atoms with Gasteiger partial charge in [0.15, 0.2) is 0 Å². The predicted molar refractivity (Wildman–Crippen MR) is 72.7 cm³/mol. The number of nitrogens with two attached hydrogens (primary N) is 1. The molecule has 1 aliphatic rings. The number of ether oxygens (including phenoxy) is 2. The van der Waals surface area contributed by atoms with Crippen molar-refractivity contribution in [1.82, 2.24) is 0 Å². The summed E-state index contributed by atoms with van der Waals surface area (Å²) in [5, 5.41) is 0.